The Bertz CT molecular complexity index is 2890. The molecule has 6 atom stereocenters. The zero-order chi connectivity index (χ0) is 53.0. The van der Waals surface area contributed by atoms with E-state index in [0.29, 0.717) is 29.0 Å². The highest BCUT2D eigenvalue weighted by Gasteiger charge is 2.51. The minimum absolute atomic E-state index is 0.0406. The Hall–Kier alpha value is -6.24. The Morgan fingerprint density at radius 2 is 1.53 bits per heavy atom. The van der Waals surface area contributed by atoms with Gasteiger partial charge in [-0.15, -0.1) is 21.5 Å². The number of phenolic OH excluding ortho intramolecular Hbond substituents is 1. The van der Waals surface area contributed by atoms with Gasteiger partial charge in [0, 0.05) is 68.1 Å². The lowest BCUT2D eigenvalue weighted by Gasteiger charge is -2.55. The number of amides is 3. The molecular formula is C58H74N12O5S. The molecule has 11 rings (SSSR count). The topological polar surface area (TPSA) is 219 Å². The summed E-state index contributed by atoms with van der Waals surface area (Å²) in [5.74, 6) is 0.862. The summed E-state index contributed by atoms with van der Waals surface area (Å²) in [5.41, 5.74) is 14.1. The normalized spacial score (nSPS) is 26.8. The molecule has 3 amide bonds. The minimum Gasteiger partial charge on any atom is -0.507 e. The number of piperidine rings is 1. The molecule has 7 heterocycles. The first kappa shape index (κ1) is 51.8. The molecule has 5 aromatic rings. The maximum atomic E-state index is 14.4. The van der Waals surface area contributed by atoms with Crippen molar-refractivity contribution >= 4 is 46.5 Å². The molecule has 17 nitrogen and oxygen atoms in total. The number of likely N-dealkylation sites (tertiary alicyclic amines) is 2. The number of hydrogen-bond acceptors (Lipinski definition) is 15. The van der Waals surface area contributed by atoms with Crippen molar-refractivity contribution in [3.05, 3.63) is 89.3 Å². The van der Waals surface area contributed by atoms with Crippen LogP contribution in [0.3, 0.4) is 0 Å². The van der Waals surface area contributed by atoms with E-state index in [1.807, 2.05) is 82.6 Å². The number of nitrogen functional groups attached to an aromatic ring is 1. The number of thiazole rings is 1. The van der Waals surface area contributed by atoms with Gasteiger partial charge in [-0.25, -0.2) is 15.0 Å². The molecule has 4 saturated heterocycles. The third-order valence-electron chi connectivity index (χ3n) is 18.0. The second-order valence-corrected chi connectivity index (χ2v) is 24.9. The van der Waals surface area contributed by atoms with Crippen molar-refractivity contribution in [1.82, 2.24) is 45.6 Å². The van der Waals surface area contributed by atoms with Crippen LogP contribution < -0.4 is 26.2 Å². The number of aromatic nitrogens is 5. The van der Waals surface area contributed by atoms with Gasteiger partial charge in [0.1, 0.15) is 17.8 Å². The van der Waals surface area contributed by atoms with Gasteiger partial charge in [-0.1, -0.05) is 57.2 Å². The molecule has 3 aromatic heterocycles. The highest BCUT2D eigenvalue weighted by molar-refractivity contribution is 7.13. The van der Waals surface area contributed by atoms with E-state index in [2.05, 4.69) is 52.9 Å². The van der Waals surface area contributed by atoms with Crippen LogP contribution in [0.25, 0.3) is 21.7 Å². The molecule has 402 valence electrons. The van der Waals surface area contributed by atoms with Crippen LogP contribution in [0.1, 0.15) is 127 Å². The quantitative estimate of drug-likeness (QED) is 0.0823. The highest BCUT2D eigenvalue weighted by Crippen LogP contribution is 2.55. The Morgan fingerprint density at radius 3 is 2.17 bits per heavy atom. The van der Waals surface area contributed by atoms with E-state index in [1.54, 1.807) is 23.5 Å². The zero-order valence-electron chi connectivity index (χ0n) is 44.6. The number of piperazine rings is 1. The molecule has 2 unspecified atom stereocenters. The number of nitrogens with two attached hydrogens (primary N) is 1. The lowest BCUT2D eigenvalue weighted by atomic mass is 9.56. The van der Waals surface area contributed by atoms with Crippen LogP contribution in [-0.2, 0) is 14.4 Å². The third-order valence-corrected chi connectivity index (χ3v) is 19.0. The van der Waals surface area contributed by atoms with E-state index < -0.39 is 23.6 Å². The number of phenols is 1. The summed E-state index contributed by atoms with van der Waals surface area (Å²) >= 11 is 1.59. The van der Waals surface area contributed by atoms with Crippen LogP contribution in [0.15, 0.2) is 72.5 Å². The smallest absolute Gasteiger partial charge is 0.246 e. The standard InChI is InChI=1S/C58H74N12O5S/c1-34(36-10-12-38(13-11-36)50-35(2)62-33-76-50)63-54(74)48-24-44(71)32-69(48)55(75)51(57(3,4)5)64-53(73)39-16-20-58(21-17-39)26-43(27-58)67-22-18-37(19-23-67)40-28-60-56(61-29-40)70-41-14-15-42(70)31-68(30-41)47-25-46(65-66-52(47)59)45-8-6-7-9-49(45)72/h6-13,25,28-29,33-34,37,39,41-44,48,51,71-72H,14-24,26-27,30-32H2,1-5H3,(H2,59,66)(H,63,74)(H,64,73)/t34-,39?,41?,42?,43?,44+,48-,51+,58?/m0/s1. The lowest BCUT2D eigenvalue weighted by molar-refractivity contribution is -0.145. The summed E-state index contributed by atoms with van der Waals surface area (Å²) in [6, 6.07) is 16.2. The van der Waals surface area contributed by atoms with Crippen LogP contribution in [0.5, 0.6) is 5.75 Å². The lowest BCUT2D eigenvalue weighted by Crippen LogP contribution is -2.59. The number of anilines is 3. The van der Waals surface area contributed by atoms with Gasteiger partial charge in [0.2, 0.25) is 23.7 Å². The van der Waals surface area contributed by atoms with Crippen LogP contribution in [0.4, 0.5) is 17.5 Å². The van der Waals surface area contributed by atoms with Crippen molar-refractivity contribution < 1.29 is 24.6 Å². The average molecular weight is 1050 g/mol. The van der Waals surface area contributed by atoms with Crippen molar-refractivity contribution in [2.24, 2.45) is 16.7 Å². The van der Waals surface area contributed by atoms with Crippen LogP contribution in [0.2, 0.25) is 0 Å². The van der Waals surface area contributed by atoms with Gasteiger partial charge in [-0.2, -0.15) is 0 Å². The van der Waals surface area contributed by atoms with Crippen LogP contribution >= 0.6 is 11.3 Å². The number of hydrogen-bond donors (Lipinski definition) is 5. The fourth-order valence-corrected chi connectivity index (χ4v) is 14.4. The predicted octanol–water partition coefficient (Wildman–Crippen LogP) is 7.40. The summed E-state index contributed by atoms with van der Waals surface area (Å²) in [5, 5.41) is 36.1. The van der Waals surface area contributed by atoms with Gasteiger partial charge in [0.15, 0.2) is 5.82 Å². The van der Waals surface area contributed by atoms with Crippen molar-refractivity contribution in [1.29, 1.82) is 0 Å². The summed E-state index contributed by atoms with van der Waals surface area (Å²) in [7, 11) is 0. The largest absolute Gasteiger partial charge is 0.507 e. The van der Waals surface area contributed by atoms with E-state index in [4.69, 9.17) is 15.7 Å². The van der Waals surface area contributed by atoms with Crippen molar-refractivity contribution in [3.63, 3.8) is 0 Å². The van der Waals surface area contributed by atoms with Gasteiger partial charge in [0.05, 0.1) is 39.6 Å². The molecule has 0 radical (unpaired) electrons. The van der Waals surface area contributed by atoms with Gasteiger partial charge in [0.25, 0.3) is 0 Å². The van der Waals surface area contributed by atoms with Gasteiger partial charge >= 0.3 is 0 Å². The number of nitrogens with zero attached hydrogens (tertiary/aromatic N) is 9. The van der Waals surface area contributed by atoms with E-state index in [0.717, 1.165) is 111 Å². The number of aliphatic hydroxyl groups is 1. The number of rotatable bonds is 12. The molecule has 2 aliphatic carbocycles. The molecule has 76 heavy (non-hydrogen) atoms. The summed E-state index contributed by atoms with van der Waals surface area (Å²) in [4.78, 5) is 66.7. The first-order chi connectivity index (χ1) is 36.5. The number of carbonyl (C=O) groups excluding carboxylic acids is 3. The monoisotopic (exact) mass is 1050 g/mol. The first-order valence-corrected chi connectivity index (χ1v) is 28.5. The van der Waals surface area contributed by atoms with Crippen molar-refractivity contribution in [2.75, 3.05) is 48.3 Å². The number of aryl methyl sites for hydroxylation is 1. The number of nitrogens with one attached hydrogen (secondary N) is 2. The number of para-hydroxylation sites is 1. The van der Waals surface area contributed by atoms with Gasteiger partial charge in [-0.3, -0.25) is 14.4 Å². The Labute approximate surface area is 450 Å². The summed E-state index contributed by atoms with van der Waals surface area (Å²) in [6.45, 7) is 13.4. The molecular weight excluding hydrogens is 977 g/mol. The number of β-amino-alcohol motifs (C(OH)–C–C–N with tert-alkyl or cyclic N) is 1. The molecule has 4 aliphatic heterocycles. The van der Waals surface area contributed by atoms with Crippen molar-refractivity contribution in [2.45, 2.75) is 154 Å². The molecule has 2 aromatic carbocycles. The maximum Gasteiger partial charge on any atom is 0.246 e. The van der Waals surface area contributed by atoms with E-state index in [-0.39, 0.29) is 65.9 Å². The second kappa shape index (κ2) is 20.9. The number of fused-ring (bicyclic) bond motifs is 2. The number of aromatic hydroxyl groups is 1. The summed E-state index contributed by atoms with van der Waals surface area (Å²) < 4.78 is 0. The van der Waals surface area contributed by atoms with E-state index in [1.165, 1.54) is 23.3 Å². The average Bonchev–Trinajstić information content (AvgIpc) is 4.14. The molecule has 18 heteroatoms. The minimum atomic E-state index is -0.848. The van der Waals surface area contributed by atoms with E-state index in [9.17, 15) is 24.6 Å². The second-order valence-electron chi connectivity index (χ2n) is 24.0. The molecule has 6 N–H and O–H groups in total. The molecule has 2 saturated carbocycles. The third kappa shape index (κ3) is 10.4. The molecule has 2 bridgehead atoms. The zero-order valence-corrected chi connectivity index (χ0v) is 45.4. The molecule has 6 aliphatic rings. The molecule has 6 fully saturated rings. The highest BCUT2D eigenvalue weighted by atomic mass is 32.1. The van der Waals surface area contributed by atoms with Crippen LogP contribution in [-0.4, -0.2) is 132 Å². The van der Waals surface area contributed by atoms with Crippen molar-refractivity contribution in [3.8, 4) is 27.4 Å². The fraction of sp³-hybridized carbons (Fsp3) is 0.552. The molecule has 1 spiro atoms. The van der Waals surface area contributed by atoms with Gasteiger partial charge < -0.3 is 46.2 Å². The number of aliphatic hydroxyl groups excluding tert-OH is 1. The number of benzene rings is 2. The Kier molecular flexibility index (Phi) is 14.3. The first-order valence-electron chi connectivity index (χ1n) is 27.6. The SMILES string of the molecule is Cc1ncsc1-c1ccc([C@H](C)NC(=O)[C@@H]2C[C@@H](O)CN2C(=O)[C@@H](NC(=O)C2CCC3(CC2)CC(N2CCC(c4cnc(N5C6CCC5CN(c5cc(-c7ccccc7O)nnc5N)C6)nc4)CC2)C3)C(C)(C)C)cc1. The van der Waals surface area contributed by atoms with Crippen LogP contribution in [0, 0.1) is 23.7 Å². The maximum absolute atomic E-state index is 14.4. The summed E-state index contributed by atoms with van der Waals surface area (Å²) in [6.07, 6.45) is 13.7. The van der Waals surface area contributed by atoms with Gasteiger partial charge in [-0.05, 0) is 143 Å². The Morgan fingerprint density at radius 1 is 0.842 bits per heavy atom. The van der Waals surface area contributed by atoms with E-state index >= 15 is 0 Å². The Balaban J connectivity index is 0.632. The number of carbonyl (C=O) groups is 3. The predicted molar refractivity (Wildman–Crippen MR) is 294 cm³/mol. The fourth-order valence-electron chi connectivity index (χ4n) is 13.5.